The SMILES string of the molecule is C[C@H](OC(=O)Cc1cccc(OCC#N)c1)c1cccnc1. The van der Waals surface area contributed by atoms with Crippen LogP contribution in [0.4, 0.5) is 0 Å². The second-order valence-corrected chi connectivity index (χ2v) is 4.69. The van der Waals surface area contributed by atoms with Gasteiger partial charge in [-0.3, -0.25) is 9.78 Å². The molecule has 0 N–H and O–H groups in total. The number of ether oxygens (including phenoxy) is 2. The number of benzene rings is 1. The van der Waals surface area contributed by atoms with Gasteiger partial charge in [-0.05, 0) is 30.7 Å². The summed E-state index contributed by atoms with van der Waals surface area (Å²) in [6.07, 6.45) is 3.15. The summed E-state index contributed by atoms with van der Waals surface area (Å²) in [4.78, 5) is 16.0. The third-order valence-corrected chi connectivity index (χ3v) is 3.01. The fraction of sp³-hybridized carbons (Fsp3) is 0.235. The van der Waals surface area contributed by atoms with Crippen LogP contribution < -0.4 is 4.74 Å². The molecule has 0 saturated carbocycles. The number of nitriles is 1. The summed E-state index contributed by atoms with van der Waals surface area (Å²) < 4.78 is 10.6. The lowest BCUT2D eigenvalue weighted by atomic mass is 10.1. The molecule has 0 radical (unpaired) electrons. The predicted octanol–water partition coefficient (Wildman–Crippen LogP) is 2.83. The Bertz CT molecular complexity index is 665. The molecule has 2 aromatic rings. The first kappa shape index (κ1) is 15.5. The van der Waals surface area contributed by atoms with E-state index in [2.05, 4.69) is 4.98 Å². The van der Waals surface area contributed by atoms with E-state index in [1.54, 1.807) is 43.6 Å². The normalized spacial score (nSPS) is 11.3. The summed E-state index contributed by atoms with van der Waals surface area (Å²) in [7, 11) is 0. The van der Waals surface area contributed by atoms with Gasteiger partial charge in [-0.2, -0.15) is 5.26 Å². The molecule has 0 spiro atoms. The van der Waals surface area contributed by atoms with Crippen molar-refractivity contribution in [2.75, 3.05) is 6.61 Å². The molecule has 0 aliphatic rings. The van der Waals surface area contributed by atoms with Crippen LogP contribution in [0.25, 0.3) is 0 Å². The standard InChI is InChI=1S/C17H16N2O3/c1-13(15-5-3-8-19-12-15)22-17(20)11-14-4-2-6-16(10-14)21-9-7-18/h2-6,8,10,12-13H,9,11H2,1H3/t13-/m0/s1. The molecule has 1 aromatic heterocycles. The summed E-state index contributed by atoms with van der Waals surface area (Å²) in [5.74, 6) is 0.237. The van der Waals surface area contributed by atoms with Gasteiger partial charge >= 0.3 is 5.97 Å². The number of hydrogen-bond donors (Lipinski definition) is 0. The van der Waals surface area contributed by atoms with E-state index in [1.807, 2.05) is 18.2 Å². The van der Waals surface area contributed by atoms with Gasteiger partial charge in [0.1, 0.15) is 17.9 Å². The van der Waals surface area contributed by atoms with Crippen molar-refractivity contribution in [3.05, 3.63) is 59.9 Å². The lowest BCUT2D eigenvalue weighted by molar-refractivity contribution is -0.147. The largest absolute Gasteiger partial charge is 0.479 e. The van der Waals surface area contributed by atoms with E-state index >= 15 is 0 Å². The van der Waals surface area contributed by atoms with E-state index < -0.39 is 0 Å². The highest BCUT2D eigenvalue weighted by molar-refractivity contribution is 5.73. The average Bonchev–Trinajstić information content (AvgIpc) is 2.54. The van der Waals surface area contributed by atoms with Crippen molar-refractivity contribution >= 4 is 5.97 Å². The van der Waals surface area contributed by atoms with Crippen LogP contribution in [0.3, 0.4) is 0 Å². The van der Waals surface area contributed by atoms with E-state index in [0.717, 1.165) is 11.1 Å². The fourth-order valence-corrected chi connectivity index (χ4v) is 1.95. The van der Waals surface area contributed by atoms with Crippen LogP contribution in [-0.4, -0.2) is 17.6 Å². The van der Waals surface area contributed by atoms with Gasteiger partial charge in [-0.15, -0.1) is 0 Å². The molecule has 5 heteroatoms. The predicted molar refractivity (Wildman–Crippen MR) is 80.0 cm³/mol. The molecule has 0 aliphatic heterocycles. The zero-order valence-corrected chi connectivity index (χ0v) is 12.2. The summed E-state index contributed by atoms with van der Waals surface area (Å²) in [5, 5.41) is 8.50. The lowest BCUT2D eigenvalue weighted by Gasteiger charge is -2.13. The molecule has 0 bridgehead atoms. The Morgan fingerprint density at radius 3 is 2.95 bits per heavy atom. The number of nitrogens with zero attached hydrogens (tertiary/aromatic N) is 2. The van der Waals surface area contributed by atoms with Crippen LogP contribution in [0.5, 0.6) is 5.75 Å². The number of rotatable bonds is 6. The van der Waals surface area contributed by atoms with Gasteiger partial charge in [0, 0.05) is 18.0 Å². The number of aromatic nitrogens is 1. The van der Waals surface area contributed by atoms with Gasteiger partial charge in [0.25, 0.3) is 0 Å². The highest BCUT2D eigenvalue weighted by atomic mass is 16.5. The summed E-state index contributed by atoms with van der Waals surface area (Å²) in [5.41, 5.74) is 1.63. The maximum Gasteiger partial charge on any atom is 0.310 e. The number of carbonyl (C=O) groups excluding carboxylic acids is 1. The second kappa shape index (κ2) is 7.79. The number of hydrogen-bond acceptors (Lipinski definition) is 5. The van der Waals surface area contributed by atoms with Gasteiger partial charge in [-0.25, -0.2) is 0 Å². The van der Waals surface area contributed by atoms with Crippen molar-refractivity contribution in [3.8, 4) is 11.8 Å². The fourth-order valence-electron chi connectivity index (χ4n) is 1.95. The van der Waals surface area contributed by atoms with E-state index in [0.29, 0.717) is 5.75 Å². The van der Waals surface area contributed by atoms with Crippen molar-refractivity contribution in [3.63, 3.8) is 0 Å². The molecule has 112 valence electrons. The molecule has 2 rings (SSSR count). The van der Waals surface area contributed by atoms with E-state index in [-0.39, 0.29) is 25.1 Å². The first-order chi connectivity index (χ1) is 10.7. The molecule has 0 amide bonds. The Labute approximate surface area is 129 Å². The van der Waals surface area contributed by atoms with Crippen LogP contribution in [0.15, 0.2) is 48.8 Å². The van der Waals surface area contributed by atoms with Gasteiger partial charge in [0.15, 0.2) is 6.61 Å². The number of carbonyl (C=O) groups is 1. The Kier molecular flexibility index (Phi) is 5.50. The Morgan fingerprint density at radius 2 is 2.23 bits per heavy atom. The monoisotopic (exact) mass is 296 g/mol. The minimum absolute atomic E-state index is 0.0219. The average molecular weight is 296 g/mol. The van der Waals surface area contributed by atoms with Crippen molar-refractivity contribution in [2.45, 2.75) is 19.4 Å². The molecule has 0 unspecified atom stereocenters. The van der Waals surface area contributed by atoms with Crippen molar-refractivity contribution in [1.29, 1.82) is 5.26 Å². The quantitative estimate of drug-likeness (QED) is 0.766. The Balaban J connectivity index is 1.93. The summed E-state index contributed by atoms with van der Waals surface area (Å²) >= 11 is 0. The molecule has 1 atom stereocenters. The van der Waals surface area contributed by atoms with Crippen LogP contribution in [0.2, 0.25) is 0 Å². The van der Waals surface area contributed by atoms with Crippen LogP contribution in [-0.2, 0) is 16.0 Å². The van der Waals surface area contributed by atoms with E-state index in [4.69, 9.17) is 14.7 Å². The minimum atomic E-state index is -0.348. The van der Waals surface area contributed by atoms with Crippen LogP contribution >= 0.6 is 0 Å². The molecular formula is C17H16N2O3. The maximum absolute atomic E-state index is 12.0. The van der Waals surface area contributed by atoms with Crippen molar-refractivity contribution in [1.82, 2.24) is 4.98 Å². The zero-order valence-electron chi connectivity index (χ0n) is 12.2. The molecule has 1 heterocycles. The summed E-state index contributed by atoms with van der Waals surface area (Å²) in [6.45, 7) is 1.79. The molecule has 0 aliphatic carbocycles. The van der Waals surface area contributed by atoms with E-state index in [9.17, 15) is 4.79 Å². The minimum Gasteiger partial charge on any atom is -0.479 e. The molecule has 0 saturated heterocycles. The molecular weight excluding hydrogens is 280 g/mol. The zero-order chi connectivity index (χ0) is 15.8. The molecule has 1 aromatic carbocycles. The third kappa shape index (κ3) is 4.60. The molecule has 0 fully saturated rings. The smallest absolute Gasteiger partial charge is 0.310 e. The Morgan fingerprint density at radius 1 is 1.36 bits per heavy atom. The van der Waals surface area contributed by atoms with Crippen LogP contribution in [0.1, 0.15) is 24.2 Å². The third-order valence-electron chi connectivity index (χ3n) is 3.01. The number of esters is 1. The highest BCUT2D eigenvalue weighted by Crippen LogP contribution is 2.18. The summed E-state index contributed by atoms with van der Waals surface area (Å²) in [6, 6.07) is 12.6. The second-order valence-electron chi connectivity index (χ2n) is 4.69. The van der Waals surface area contributed by atoms with Crippen LogP contribution in [0, 0.1) is 11.3 Å². The maximum atomic E-state index is 12.0. The van der Waals surface area contributed by atoms with Gasteiger partial charge in [0.05, 0.1) is 6.42 Å². The van der Waals surface area contributed by atoms with Gasteiger partial charge in [0.2, 0.25) is 0 Å². The highest BCUT2D eigenvalue weighted by Gasteiger charge is 2.12. The topological polar surface area (TPSA) is 72.2 Å². The van der Waals surface area contributed by atoms with Crippen molar-refractivity contribution < 1.29 is 14.3 Å². The van der Waals surface area contributed by atoms with E-state index in [1.165, 1.54) is 0 Å². The van der Waals surface area contributed by atoms with Gasteiger partial charge < -0.3 is 9.47 Å². The molecule has 22 heavy (non-hydrogen) atoms. The first-order valence-corrected chi connectivity index (χ1v) is 6.87. The van der Waals surface area contributed by atoms with Gasteiger partial charge in [-0.1, -0.05) is 18.2 Å². The van der Waals surface area contributed by atoms with Crippen molar-refractivity contribution in [2.24, 2.45) is 0 Å². The molecule has 5 nitrogen and oxygen atoms in total. The number of pyridine rings is 1. The lowest BCUT2D eigenvalue weighted by Crippen LogP contribution is -2.11. The Hall–Kier alpha value is -2.87. The first-order valence-electron chi connectivity index (χ1n) is 6.87.